The summed E-state index contributed by atoms with van der Waals surface area (Å²) < 4.78 is 0. The standard InChI is InChI=1S/C11H21N3S/c1-9(7-14-11(2,3)4)8-15-10-12-5-6-13-10/h5-6,9,14H,7-8H2,1-4H3,(H,12,13). The Hall–Kier alpha value is -0.480. The van der Waals surface area contributed by atoms with Crippen LogP contribution < -0.4 is 5.32 Å². The Balaban J connectivity index is 2.16. The Morgan fingerprint density at radius 1 is 1.53 bits per heavy atom. The van der Waals surface area contributed by atoms with Crippen molar-refractivity contribution in [2.75, 3.05) is 12.3 Å². The highest BCUT2D eigenvalue weighted by Gasteiger charge is 2.11. The molecule has 0 aliphatic rings. The van der Waals surface area contributed by atoms with Crippen LogP contribution >= 0.6 is 11.8 Å². The van der Waals surface area contributed by atoms with Crippen molar-refractivity contribution < 1.29 is 0 Å². The van der Waals surface area contributed by atoms with E-state index in [1.54, 1.807) is 18.0 Å². The van der Waals surface area contributed by atoms with Crippen LogP contribution in [0.15, 0.2) is 17.6 Å². The number of imidazole rings is 1. The van der Waals surface area contributed by atoms with Crippen LogP contribution in [0.4, 0.5) is 0 Å². The number of hydrogen-bond donors (Lipinski definition) is 2. The minimum Gasteiger partial charge on any atom is -0.340 e. The zero-order valence-corrected chi connectivity index (χ0v) is 10.8. The Labute approximate surface area is 96.5 Å². The molecule has 4 heteroatoms. The summed E-state index contributed by atoms with van der Waals surface area (Å²) >= 11 is 1.78. The van der Waals surface area contributed by atoms with Crippen molar-refractivity contribution in [3.63, 3.8) is 0 Å². The van der Waals surface area contributed by atoms with Crippen LogP contribution in [0.25, 0.3) is 0 Å². The first-order valence-corrected chi connectivity index (χ1v) is 6.33. The van der Waals surface area contributed by atoms with Gasteiger partial charge in [0.25, 0.3) is 0 Å². The number of rotatable bonds is 5. The van der Waals surface area contributed by atoms with Crippen molar-refractivity contribution in [3.05, 3.63) is 12.4 Å². The van der Waals surface area contributed by atoms with Gasteiger partial charge in [0.05, 0.1) is 0 Å². The second-order valence-electron chi connectivity index (χ2n) is 4.94. The van der Waals surface area contributed by atoms with Crippen LogP contribution in [-0.4, -0.2) is 27.8 Å². The highest BCUT2D eigenvalue weighted by molar-refractivity contribution is 7.99. The molecule has 0 aromatic carbocycles. The molecule has 0 aliphatic heterocycles. The molecule has 3 nitrogen and oxygen atoms in total. The lowest BCUT2D eigenvalue weighted by atomic mass is 10.1. The topological polar surface area (TPSA) is 40.7 Å². The van der Waals surface area contributed by atoms with E-state index >= 15 is 0 Å². The first-order chi connectivity index (χ1) is 6.97. The predicted octanol–water partition coefficient (Wildman–Crippen LogP) is 2.53. The third-order valence-electron chi connectivity index (χ3n) is 1.96. The minimum absolute atomic E-state index is 0.212. The first-order valence-electron chi connectivity index (χ1n) is 5.34. The molecule has 1 unspecified atom stereocenters. The maximum absolute atomic E-state index is 4.18. The minimum atomic E-state index is 0.212. The van der Waals surface area contributed by atoms with Gasteiger partial charge in [-0.05, 0) is 33.2 Å². The molecule has 0 bridgehead atoms. The van der Waals surface area contributed by atoms with Gasteiger partial charge in [-0.2, -0.15) is 0 Å². The molecule has 0 fully saturated rings. The van der Waals surface area contributed by atoms with E-state index in [-0.39, 0.29) is 5.54 Å². The molecule has 0 amide bonds. The van der Waals surface area contributed by atoms with Gasteiger partial charge in [-0.15, -0.1) is 0 Å². The summed E-state index contributed by atoms with van der Waals surface area (Å²) in [4.78, 5) is 7.28. The average molecular weight is 227 g/mol. The molecule has 0 radical (unpaired) electrons. The van der Waals surface area contributed by atoms with Gasteiger partial charge in [-0.25, -0.2) is 4.98 Å². The molecule has 0 spiro atoms. The number of nitrogens with zero attached hydrogens (tertiary/aromatic N) is 1. The maximum atomic E-state index is 4.18. The molecule has 0 saturated heterocycles. The third-order valence-corrected chi connectivity index (χ3v) is 3.19. The summed E-state index contributed by atoms with van der Waals surface area (Å²) in [7, 11) is 0. The Bertz CT molecular complexity index is 264. The number of aromatic nitrogens is 2. The summed E-state index contributed by atoms with van der Waals surface area (Å²) in [6.07, 6.45) is 3.65. The van der Waals surface area contributed by atoms with E-state index in [0.29, 0.717) is 5.92 Å². The average Bonchev–Trinajstić information content (AvgIpc) is 2.62. The van der Waals surface area contributed by atoms with E-state index in [9.17, 15) is 0 Å². The third kappa shape index (κ3) is 5.85. The van der Waals surface area contributed by atoms with Crippen molar-refractivity contribution in [1.29, 1.82) is 0 Å². The smallest absolute Gasteiger partial charge is 0.165 e. The van der Waals surface area contributed by atoms with Gasteiger partial charge in [-0.3, -0.25) is 0 Å². The summed E-state index contributed by atoms with van der Waals surface area (Å²) in [6, 6.07) is 0. The zero-order chi connectivity index (χ0) is 11.3. The van der Waals surface area contributed by atoms with Crippen LogP contribution in [-0.2, 0) is 0 Å². The van der Waals surface area contributed by atoms with E-state index in [1.165, 1.54) is 0 Å². The van der Waals surface area contributed by atoms with E-state index in [0.717, 1.165) is 17.5 Å². The van der Waals surface area contributed by atoms with Gasteiger partial charge < -0.3 is 10.3 Å². The number of hydrogen-bond acceptors (Lipinski definition) is 3. The normalized spacial score (nSPS) is 14.1. The van der Waals surface area contributed by atoms with Crippen LogP contribution in [0.1, 0.15) is 27.7 Å². The monoisotopic (exact) mass is 227 g/mol. The molecular formula is C11H21N3S. The molecule has 0 saturated carbocycles. The fourth-order valence-corrected chi connectivity index (χ4v) is 1.94. The van der Waals surface area contributed by atoms with Crippen molar-refractivity contribution in [2.45, 2.75) is 38.4 Å². The number of aromatic amines is 1. The SMILES string of the molecule is CC(CNC(C)(C)C)CSc1ncc[nH]1. The molecule has 1 aromatic heterocycles. The highest BCUT2D eigenvalue weighted by atomic mass is 32.2. The Morgan fingerprint density at radius 2 is 2.27 bits per heavy atom. The zero-order valence-electron chi connectivity index (χ0n) is 10.0. The molecule has 1 aromatic rings. The van der Waals surface area contributed by atoms with Crippen LogP contribution in [0.3, 0.4) is 0 Å². The second-order valence-corrected chi connectivity index (χ2v) is 5.95. The van der Waals surface area contributed by atoms with Crippen LogP contribution in [0, 0.1) is 5.92 Å². The lowest BCUT2D eigenvalue weighted by Crippen LogP contribution is -2.39. The Morgan fingerprint density at radius 3 is 2.80 bits per heavy atom. The van der Waals surface area contributed by atoms with Crippen molar-refractivity contribution in [2.24, 2.45) is 5.92 Å². The Kier molecular flexibility index (Phi) is 4.67. The van der Waals surface area contributed by atoms with Gasteiger partial charge in [0, 0.05) is 23.7 Å². The van der Waals surface area contributed by atoms with Crippen molar-refractivity contribution >= 4 is 11.8 Å². The molecule has 1 atom stereocenters. The largest absolute Gasteiger partial charge is 0.340 e. The molecule has 0 aliphatic carbocycles. The lowest BCUT2D eigenvalue weighted by Gasteiger charge is -2.23. The summed E-state index contributed by atoms with van der Waals surface area (Å²) in [5.41, 5.74) is 0.212. The number of H-pyrrole nitrogens is 1. The molecule has 86 valence electrons. The highest BCUT2D eigenvalue weighted by Crippen LogP contribution is 2.15. The van der Waals surface area contributed by atoms with Crippen LogP contribution in [0.5, 0.6) is 0 Å². The van der Waals surface area contributed by atoms with Gasteiger partial charge in [-0.1, -0.05) is 18.7 Å². The molecular weight excluding hydrogens is 206 g/mol. The van der Waals surface area contributed by atoms with Crippen molar-refractivity contribution in [1.82, 2.24) is 15.3 Å². The first kappa shape index (κ1) is 12.6. The molecule has 1 rings (SSSR count). The van der Waals surface area contributed by atoms with Crippen molar-refractivity contribution in [3.8, 4) is 0 Å². The van der Waals surface area contributed by atoms with Gasteiger partial charge in [0.1, 0.15) is 0 Å². The van der Waals surface area contributed by atoms with Gasteiger partial charge in [0.15, 0.2) is 5.16 Å². The molecule has 2 N–H and O–H groups in total. The fourth-order valence-electron chi connectivity index (χ4n) is 1.09. The summed E-state index contributed by atoms with van der Waals surface area (Å²) in [5, 5.41) is 4.52. The fraction of sp³-hybridized carbons (Fsp3) is 0.727. The second kappa shape index (κ2) is 5.56. The van der Waals surface area contributed by atoms with E-state index in [2.05, 4.69) is 43.0 Å². The summed E-state index contributed by atoms with van der Waals surface area (Å²) in [5.74, 6) is 1.75. The lowest BCUT2D eigenvalue weighted by molar-refractivity contribution is 0.395. The van der Waals surface area contributed by atoms with Gasteiger partial charge in [0.2, 0.25) is 0 Å². The quantitative estimate of drug-likeness (QED) is 0.759. The maximum Gasteiger partial charge on any atom is 0.165 e. The summed E-state index contributed by atoms with van der Waals surface area (Å²) in [6.45, 7) is 9.89. The van der Waals surface area contributed by atoms with Gasteiger partial charge >= 0.3 is 0 Å². The molecule has 15 heavy (non-hydrogen) atoms. The van der Waals surface area contributed by atoms with E-state index in [1.807, 2.05) is 6.20 Å². The predicted molar refractivity (Wildman–Crippen MR) is 66.2 cm³/mol. The van der Waals surface area contributed by atoms with E-state index < -0.39 is 0 Å². The van der Waals surface area contributed by atoms with Crippen LogP contribution in [0.2, 0.25) is 0 Å². The molecule has 1 heterocycles. The number of thioether (sulfide) groups is 1. The van der Waals surface area contributed by atoms with E-state index in [4.69, 9.17) is 0 Å². The number of nitrogens with one attached hydrogen (secondary N) is 2.